The molecule has 0 bridgehead atoms. The lowest BCUT2D eigenvalue weighted by Gasteiger charge is -2.14. The second-order valence-electron chi connectivity index (χ2n) is 16.3. The fourth-order valence-corrected chi connectivity index (χ4v) is 11.3. The molecule has 292 valence electrons. The SMILES string of the molecule is c1ccc(-c2nc(-c3ccc4c(c3)sc3ccccc34)nc(-n3c4ccccc4c4c3ccc3c5ccccc5n(-c5ccc6c7ccccc7c7ccccc7c6c5)c34)n2)cc1. The molecule has 6 heteroatoms. The Morgan fingerprint density at radius 1 is 0.317 bits per heavy atom. The Kier molecular flexibility index (Phi) is 7.21. The molecule has 63 heavy (non-hydrogen) atoms. The molecule has 0 fully saturated rings. The maximum absolute atomic E-state index is 5.36. The summed E-state index contributed by atoms with van der Waals surface area (Å²) < 4.78 is 7.19. The van der Waals surface area contributed by atoms with Crippen LogP contribution in [-0.4, -0.2) is 24.1 Å². The van der Waals surface area contributed by atoms with E-state index in [2.05, 4.69) is 191 Å². The number of para-hydroxylation sites is 2. The highest BCUT2D eigenvalue weighted by Gasteiger charge is 2.23. The first-order valence-corrected chi connectivity index (χ1v) is 22.1. The third-order valence-electron chi connectivity index (χ3n) is 12.9. The lowest BCUT2D eigenvalue weighted by Crippen LogP contribution is -2.06. The van der Waals surface area contributed by atoms with E-state index in [1.807, 2.05) is 18.2 Å². The first-order valence-electron chi connectivity index (χ1n) is 21.3. The number of thiophene rings is 1. The van der Waals surface area contributed by atoms with Crippen molar-refractivity contribution in [2.75, 3.05) is 0 Å². The van der Waals surface area contributed by atoms with Crippen LogP contribution in [0.5, 0.6) is 0 Å². The summed E-state index contributed by atoms with van der Waals surface area (Å²) >= 11 is 1.80. The van der Waals surface area contributed by atoms with Crippen molar-refractivity contribution in [1.29, 1.82) is 0 Å². The Morgan fingerprint density at radius 3 is 1.60 bits per heavy atom. The molecule has 0 N–H and O–H groups in total. The Balaban J connectivity index is 1.06. The third-order valence-corrected chi connectivity index (χ3v) is 14.1. The molecular weight excluding hydrogens is 787 g/mol. The minimum absolute atomic E-state index is 0.576. The Labute approximate surface area is 364 Å². The number of hydrogen-bond acceptors (Lipinski definition) is 4. The summed E-state index contributed by atoms with van der Waals surface area (Å²) in [5.74, 6) is 1.84. The molecule has 0 aliphatic carbocycles. The van der Waals surface area contributed by atoms with E-state index < -0.39 is 0 Å². The molecule has 4 aromatic heterocycles. The zero-order valence-electron chi connectivity index (χ0n) is 33.7. The predicted molar refractivity (Wildman–Crippen MR) is 265 cm³/mol. The summed E-state index contributed by atoms with van der Waals surface area (Å²) in [5, 5.41) is 14.7. The number of rotatable bonds is 4. The summed E-state index contributed by atoms with van der Waals surface area (Å²) in [6.07, 6.45) is 0. The highest BCUT2D eigenvalue weighted by Crippen LogP contribution is 2.44. The van der Waals surface area contributed by atoms with Crippen molar-refractivity contribution in [3.63, 3.8) is 0 Å². The van der Waals surface area contributed by atoms with Crippen molar-refractivity contribution in [2.45, 2.75) is 0 Å². The first kappa shape index (κ1) is 34.5. The molecule has 0 saturated heterocycles. The van der Waals surface area contributed by atoms with Gasteiger partial charge in [0, 0.05) is 58.5 Å². The summed E-state index contributed by atoms with van der Waals surface area (Å²) in [7, 11) is 0. The van der Waals surface area contributed by atoms with Gasteiger partial charge < -0.3 is 4.57 Å². The topological polar surface area (TPSA) is 48.5 Å². The van der Waals surface area contributed by atoms with Crippen LogP contribution in [-0.2, 0) is 0 Å². The van der Waals surface area contributed by atoms with Crippen LogP contribution in [0.4, 0.5) is 0 Å². The minimum Gasteiger partial charge on any atom is -0.309 e. The molecule has 0 unspecified atom stereocenters. The average molecular weight is 820 g/mol. The molecule has 0 spiro atoms. The van der Waals surface area contributed by atoms with Crippen LogP contribution in [0.1, 0.15) is 0 Å². The van der Waals surface area contributed by atoms with Gasteiger partial charge in [0.15, 0.2) is 11.6 Å². The number of fused-ring (bicyclic) bond motifs is 16. The Hall–Kier alpha value is -8.19. The second-order valence-corrected chi connectivity index (χ2v) is 17.4. The molecule has 0 atom stereocenters. The van der Waals surface area contributed by atoms with E-state index in [1.165, 1.54) is 63.3 Å². The van der Waals surface area contributed by atoms with Crippen LogP contribution in [0.3, 0.4) is 0 Å². The van der Waals surface area contributed by atoms with Crippen LogP contribution in [0.25, 0.3) is 131 Å². The molecule has 5 nitrogen and oxygen atoms in total. The molecule has 0 aliphatic rings. The molecule has 0 saturated carbocycles. The summed E-state index contributed by atoms with van der Waals surface area (Å²) in [5.41, 5.74) is 7.38. The van der Waals surface area contributed by atoms with Crippen LogP contribution >= 0.6 is 11.3 Å². The molecule has 0 radical (unpaired) electrons. The van der Waals surface area contributed by atoms with Crippen LogP contribution in [0, 0.1) is 0 Å². The molecule has 10 aromatic carbocycles. The smallest absolute Gasteiger partial charge is 0.238 e. The fourth-order valence-electron chi connectivity index (χ4n) is 10.2. The van der Waals surface area contributed by atoms with E-state index in [9.17, 15) is 0 Å². The van der Waals surface area contributed by atoms with Gasteiger partial charge in [-0.25, -0.2) is 4.98 Å². The monoisotopic (exact) mass is 819 g/mol. The standard InChI is InChI=1S/C57H33N5S/c1-2-14-34(15-3-1)55-58-56(35-26-28-44-43-21-10-13-25-51(43)63-52(44)32-35)60-57(59-55)62-49-24-12-9-22-46(49)53-50(62)31-30-45-42-20-8-11-23-48(42)61(54(45)53)36-27-29-41-39-18-5-4-16-37(39)38-17-6-7-19-40(38)47(41)33-36/h1-33H. The van der Waals surface area contributed by atoms with Crippen LogP contribution in [0.15, 0.2) is 200 Å². The van der Waals surface area contributed by atoms with E-state index >= 15 is 0 Å². The van der Waals surface area contributed by atoms with Gasteiger partial charge in [-0.05, 0) is 74.8 Å². The summed E-state index contributed by atoms with van der Waals surface area (Å²) in [6.45, 7) is 0. The van der Waals surface area contributed by atoms with Gasteiger partial charge in [0.05, 0.1) is 22.1 Å². The largest absolute Gasteiger partial charge is 0.309 e. The van der Waals surface area contributed by atoms with E-state index in [0.29, 0.717) is 17.6 Å². The quantitative estimate of drug-likeness (QED) is 0.166. The van der Waals surface area contributed by atoms with Crippen molar-refractivity contribution in [2.24, 2.45) is 0 Å². The van der Waals surface area contributed by atoms with E-state index in [0.717, 1.165) is 49.7 Å². The maximum atomic E-state index is 5.36. The van der Waals surface area contributed by atoms with Gasteiger partial charge >= 0.3 is 0 Å². The van der Waals surface area contributed by atoms with Gasteiger partial charge in [-0.1, -0.05) is 158 Å². The molecule has 14 rings (SSSR count). The third kappa shape index (κ3) is 5.01. The molecule has 0 aliphatic heterocycles. The number of aromatic nitrogens is 5. The van der Waals surface area contributed by atoms with Gasteiger partial charge in [-0.15, -0.1) is 11.3 Å². The molecule has 0 amide bonds. The summed E-state index contributed by atoms with van der Waals surface area (Å²) in [6, 6.07) is 72.1. The van der Waals surface area contributed by atoms with E-state index in [-0.39, 0.29) is 0 Å². The number of benzene rings is 10. The van der Waals surface area contributed by atoms with Crippen molar-refractivity contribution in [3.05, 3.63) is 200 Å². The highest BCUT2D eigenvalue weighted by molar-refractivity contribution is 7.25. The van der Waals surface area contributed by atoms with Crippen molar-refractivity contribution >= 4 is 107 Å². The zero-order valence-corrected chi connectivity index (χ0v) is 34.5. The van der Waals surface area contributed by atoms with E-state index in [1.54, 1.807) is 11.3 Å². The minimum atomic E-state index is 0.576. The normalized spacial score (nSPS) is 12.1. The van der Waals surface area contributed by atoms with Gasteiger partial charge in [0.25, 0.3) is 0 Å². The van der Waals surface area contributed by atoms with Gasteiger partial charge in [0.1, 0.15) is 0 Å². The molecular formula is C57H33N5S. The van der Waals surface area contributed by atoms with Crippen LogP contribution in [0.2, 0.25) is 0 Å². The molecule has 4 heterocycles. The maximum Gasteiger partial charge on any atom is 0.238 e. The average Bonchev–Trinajstić information content (AvgIpc) is 4.01. The molecule has 14 aromatic rings. The van der Waals surface area contributed by atoms with Gasteiger partial charge in [-0.3, -0.25) is 4.57 Å². The fraction of sp³-hybridized carbons (Fsp3) is 0. The summed E-state index contributed by atoms with van der Waals surface area (Å²) in [4.78, 5) is 15.8. The number of nitrogens with zero attached hydrogens (tertiary/aromatic N) is 5. The van der Waals surface area contributed by atoms with Crippen molar-refractivity contribution in [1.82, 2.24) is 24.1 Å². The van der Waals surface area contributed by atoms with Crippen molar-refractivity contribution < 1.29 is 0 Å². The van der Waals surface area contributed by atoms with Crippen LogP contribution < -0.4 is 0 Å². The lowest BCUT2D eigenvalue weighted by molar-refractivity contribution is 0.954. The number of hydrogen-bond donors (Lipinski definition) is 0. The lowest BCUT2D eigenvalue weighted by atomic mass is 9.94. The van der Waals surface area contributed by atoms with Crippen molar-refractivity contribution in [3.8, 4) is 34.4 Å². The Morgan fingerprint density at radius 2 is 0.857 bits per heavy atom. The van der Waals surface area contributed by atoms with Gasteiger partial charge in [-0.2, -0.15) is 9.97 Å². The van der Waals surface area contributed by atoms with E-state index in [4.69, 9.17) is 15.0 Å². The first-order chi connectivity index (χ1) is 31.2. The van der Waals surface area contributed by atoms with Gasteiger partial charge in [0.2, 0.25) is 5.95 Å². The Bertz CT molecular complexity index is 4180. The zero-order chi connectivity index (χ0) is 41.2. The second kappa shape index (κ2) is 13.2. The predicted octanol–water partition coefficient (Wildman–Crippen LogP) is 15.2. The highest BCUT2D eigenvalue weighted by atomic mass is 32.1.